The Morgan fingerprint density at radius 3 is 2.72 bits per heavy atom. The van der Waals surface area contributed by atoms with Crippen molar-refractivity contribution in [3.05, 3.63) is 28.8 Å². The minimum atomic E-state index is -3.51. The summed E-state index contributed by atoms with van der Waals surface area (Å²) in [5.74, 6) is 0. The Balaban J connectivity index is 2.35. The average Bonchev–Trinajstić information content (AvgIpc) is 2.80. The molecule has 1 aliphatic rings. The highest BCUT2D eigenvalue weighted by atomic mass is 35.5. The van der Waals surface area contributed by atoms with E-state index in [1.54, 1.807) is 25.2 Å². The number of likely N-dealkylation sites (N-methyl/N-ethyl adjacent to an activating group) is 1. The van der Waals surface area contributed by atoms with E-state index in [0.29, 0.717) is 6.54 Å². The third kappa shape index (κ3) is 2.54. The Morgan fingerprint density at radius 1 is 1.44 bits per heavy atom. The van der Waals surface area contributed by atoms with Gasteiger partial charge in [-0.15, -0.1) is 0 Å². The maximum atomic E-state index is 12.5. The Morgan fingerprint density at radius 2 is 2.17 bits per heavy atom. The van der Waals surface area contributed by atoms with Crippen LogP contribution >= 0.6 is 11.6 Å². The van der Waals surface area contributed by atoms with E-state index >= 15 is 0 Å². The van der Waals surface area contributed by atoms with Crippen LogP contribution in [0.4, 0.5) is 0 Å². The summed E-state index contributed by atoms with van der Waals surface area (Å²) in [4.78, 5) is 0.184. The quantitative estimate of drug-likeness (QED) is 0.920. The standard InChI is InChI=1S/C12H17ClN2O2S/c1-9-3-4-12(11(13)7-9)18(16,17)15(2)10-5-6-14-8-10/h3-4,7,10,14H,5-6,8H2,1-2H3. The summed E-state index contributed by atoms with van der Waals surface area (Å²) in [7, 11) is -1.89. The lowest BCUT2D eigenvalue weighted by atomic mass is 10.2. The van der Waals surface area contributed by atoms with E-state index in [9.17, 15) is 8.42 Å². The summed E-state index contributed by atoms with van der Waals surface area (Å²) >= 11 is 6.04. The van der Waals surface area contributed by atoms with Crippen molar-refractivity contribution >= 4 is 21.6 Å². The van der Waals surface area contributed by atoms with Crippen molar-refractivity contribution in [1.29, 1.82) is 0 Å². The van der Waals surface area contributed by atoms with Crippen LogP contribution in [-0.4, -0.2) is 38.9 Å². The topological polar surface area (TPSA) is 49.4 Å². The van der Waals surface area contributed by atoms with Crippen molar-refractivity contribution < 1.29 is 8.42 Å². The van der Waals surface area contributed by atoms with Gasteiger partial charge in [0.05, 0.1) is 5.02 Å². The first-order valence-electron chi connectivity index (χ1n) is 5.88. The maximum Gasteiger partial charge on any atom is 0.244 e. The minimum Gasteiger partial charge on any atom is -0.315 e. The Hall–Kier alpha value is -0.620. The zero-order valence-corrected chi connectivity index (χ0v) is 12.1. The van der Waals surface area contributed by atoms with E-state index < -0.39 is 10.0 Å². The van der Waals surface area contributed by atoms with Crippen molar-refractivity contribution in [2.24, 2.45) is 0 Å². The van der Waals surface area contributed by atoms with Crippen molar-refractivity contribution in [1.82, 2.24) is 9.62 Å². The Bertz CT molecular complexity index is 539. The molecule has 4 nitrogen and oxygen atoms in total. The minimum absolute atomic E-state index is 0.00682. The van der Waals surface area contributed by atoms with E-state index in [-0.39, 0.29) is 16.0 Å². The number of benzene rings is 1. The molecule has 1 N–H and O–H groups in total. The zero-order chi connectivity index (χ0) is 13.3. The summed E-state index contributed by atoms with van der Waals surface area (Å²) in [5.41, 5.74) is 0.948. The summed E-state index contributed by atoms with van der Waals surface area (Å²) < 4.78 is 26.4. The van der Waals surface area contributed by atoms with E-state index in [1.165, 1.54) is 4.31 Å². The molecule has 1 aliphatic heterocycles. The lowest BCUT2D eigenvalue weighted by Gasteiger charge is -2.23. The molecule has 0 aliphatic carbocycles. The average molecular weight is 289 g/mol. The highest BCUT2D eigenvalue weighted by Gasteiger charge is 2.31. The lowest BCUT2D eigenvalue weighted by Crippen LogP contribution is -2.38. The molecule has 1 aromatic rings. The van der Waals surface area contributed by atoms with Crippen LogP contribution in [0.15, 0.2) is 23.1 Å². The largest absolute Gasteiger partial charge is 0.315 e. The van der Waals surface area contributed by atoms with Gasteiger partial charge in [-0.25, -0.2) is 8.42 Å². The molecule has 0 bridgehead atoms. The van der Waals surface area contributed by atoms with Gasteiger partial charge in [-0.2, -0.15) is 4.31 Å². The summed E-state index contributed by atoms with van der Waals surface area (Å²) in [6, 6.07) is 5.02. The van der Waals surface area contributed by atoms with Gasteiger partial charge in [-0.3, -0.25) is 0 Å². The predicted octanol–water partition coefficient (Wildman–Crippen LogP) is 1.63. The van der Waals surface area contributed by atoms with Crippen LogP contribution in [0.3, 0.4) is 0 Å². The summed E-state index contributed by atoms with van der Waals surface area (Å²) in [6.45, 7) is 3.43. The maximum absolute atomic E-state index is 12.5. The monoisotopic (exact) mass is 288 g/mol. The van der Waals surface area contributed by atoms with E-state index in [0.717, 1.165) is 18.5 Å². The van der Waals surface area contributed by atoms with Crippen LogP contribution in [0.5, 0.6) is 0 Å². The number of halogens is 1. The third-order valence-electron chi connectivity index (χ3n) is 3.29. The lowest BCUT2D eigenvalue weighted by molar-refractivity contribution is 0.388. The number of hydrogen-bond donors (Lipinski definition) is 1. The number of aryl methyl sites for hydroxylation is 1. The van der Waals surface area contributed by atoms with E-state index in [2.05, 4.69) is 5.32 Å². The number of nitrogens with one attached hydrogen (secondary N) is 1. The number of rotatable bonds is 3. The first kappa shape index (κ1) is 13.8. The molecule has 100 valence electrons. The number of hydrogen-bond acceptors (Lipinski definition) is 3. The summed E-state index contributed by atoms with van der Waals surface area (Å²) in [6.07, 6.45) is 0.833. The molecule has 0 amide bonds. The van der Waals surface area contributed by atoms with Crippen LogP contribution in [0, 0.1) is 6.92 Å². The molecule has 6 heteroatoms. The summed E-state index contributed by atoms with van der Waals surface area (Å²) in [5, 5.41) is 3.45. The van der Waals surface area contributed by atoms with Crippen LogP contribution in [0.1, 0.15) is 12.0 Å². The molecule has 1 unspecified atom stereocenters. The second-order valence-corrected chi connectivity index (χ2v) is 6.97. The SMILES string of the molecule is Cc1ccc(S(=O)(=O)N(C)C2CCNC2)c(Cl)c1. The fourth-order valence-corrected chi connectivity index (χ4v) is 4.07. The Labute approximate surface area is 113 Å². The molecule has 0 aromatic heterocycles. The predicted molar refractivity (Wildman–Crippen MR) is 72.4 cm³/mol. The first-order valence-corrected chi connectivity index (χ1v) is 7.69. The van der Waals surface area contributed by atoms with Gasteiger partial charge in [0.2, 0.25) is 10.0 Å². The molecule has 0 radical (unpaired) electrons. The van der Waals surface area contributed by atoms with Gasteiger partial charge in [0.1, 0.15) is 4.90 Å². The van der Waals surface area contributed by atoms with Gasteiger partial charge in [0.25, 0.3) is 0 Å². The normalized spacial score (nSPS) is 20.6. The fraction of sp³-hybridized carbons (Fsp3) is 0.500. The molecule has 18 heavy (non-hydrogen) atoms. The van der Waals surface area contributed by atoms with Crippen LogP contribution in [-0.2, 0) is 10.0 Å². The second-order valence-electron chi connectivity index (χ2n) is 4.60. The van der Waals surface area contributed by atoms with Gasteiger partial charge in [0.15, 0.2) is 0 Å². The van der Waals surface area contributed by atoms with Gasteiger partial charge < -0.3 is 5.32 Å². The highest BCUT2D eigenvalue weighted by molar-refractivity contribution is 7.89. The molecule has 1 atom stereocenters. The van der Waals surface area contributed by atoms with Gasteiger partial charge in [-0.1, -0.05) is 17.7 Å². The smallest absolute Gasteiger partial charge is 0.244 e. The van der Waals surface area contributed by atoms with Crippen LogP contribution in [0.25, 0.3) is 0 Å². The molecule has 1 heterocycles. The first-order chi connectivity index (χ1) is 8.43. The van der Waals surface area contributed by atoms with Gasteiger partial charge >= 0.3 is 0 Å². The van der Waals surface area contributed by atoms with E-state index in [4.69, 9.17) is 11.6 Å². The van der Waals surface area contributed by atoms with E-state index in [1.807, 2.05) is 6.92 Å². The molecule has 1 aromatic carbocycles. The number of sulfonamides is 1. The van der Waals surface area contributed by atoms with Gasteiger partial charge in [-0.05, 0) is 37.6 Å². The molecule has 2 rings (SSSR count). The Kier molecular flexibility index (Phi) is 3.96. The second kappa shape index (κ2) is 5.17. The molecule has 1 saturated heterocycles. The molecule has 0 spiro atoms. The zero-order valence-electron chi connectivity index (χ0n) is 10.5. The highest BCUT2D eigenvalue weighted by Crippen LogP contribution is 2.26. The van der Waals surface area contributed by atoms with Crippen LogP contribution in [0.2, 0.25) is 5.02 Å². The van der Waals surface area contributed by atoms with Crippen molar-refractivity contribution in [3.63, 3.8) is 0 Å². The fourth-order valence-electron chi connectivity index (χ4n) is 2.12. The molecule has 0 saturated carbocycles. The van der Waals surface area contributed by atoms with Crippen molar-refractivity contribution in [2.45, 2.75) is 24.3 Å². The van der Waals surface area contributed by atoms with Crippen molar-refractivity contribution in [2.75, 3.05) is 20.1 Å². The molecule has 1 fully saturated rings. The molecular formula is C12H17ClN2O2S. The van der Waals surface area contributed by atoms with Crippen LogP contribution < -0.4 is 5.32 Å². The number of nitrogens with zero attached hydrogens (tertiary/aromatic N) is 1. The third-order valence-corrected chi connectivity index (χ3v) is 5.69. The van der Waals surface area contributed by atoms with Crippen molar-refractivity contribution in [3.8, 4) is 0 Å². The van der Waals surface area contributed by atoms with Gasteiger partial charge in [0, 0.05) is 19.6 Å². The molecular weight excluding hydrogens is 272 g/mol.